The van der Waals surface area contributed by atoms with Crippen molar-refractivity contribution in [2.24, 2.45) is 0 Å². The maximum atomic E-state index is 11.5. The van der Waals surface area contributed by atoms with Crippen molar-refractivity contribution in [1.82, 2.24) is 0 Å². The Morgan fingerprint density at radius 2 is 1.50 bits per heavy atom. The summed E-state index contributed by atoms with van der Waals surface area (Å²) in [6.45, 7) is 5.24. The molecule has 98 valence electrons. The third kappa shape index (κ3) is 2.77. The monoisotopic (exact) mass is 268 g/mol. The second-order valence-corrected chi connectivity index (χ2v) is 9.30. The molecule has 1 rings (SSSR count). The number of carbonyl (C=O) groups is 2. The fourth-order valence-electron chi connectivity index (χ4n) is 1.62. The molecule has 0 heterocycles. The largest absolute Gasteiger partial charge is 0.478 e. The Kier molecular flexibility index (Phi) is 3.93. The Hall–Kier alpha value is -1.66. The maximum Gasteiger partial charge on any atom is 0.351 e. The van der Waals surface area contributed by atoms with Crippen LogP contribution in [0, 0.1) is 0 Å². The van der Waals surface area contributed by atoms with Gasteiger partial charge in [0.15, 0.2) is 8.32 Å². The molecule has 0 saturated heterocycles. The topological polar surface area (TPSA) is 83.8 Å². The third-order valence-corrected chi connectivity index (χ3v) is 3.16. The van der Waals surface area contributed by atoms with Gasteiger partial charge in [-0.2, -0.15) is 0 Å². The van der Waals surface area contributed by atoms with Crippen LogP contribution in [-0.2, 0) is 19.6 Å². The van der Waals surface area contributed by atoms with Crippen molar-refractivity contribution in [3.05, 3.63) is 35.9 Å². The molecule has 0 saturated carbocycles. The lowest BCUT2D eigenvalue weighted by atomic mass is 9.94. The molecule has 0 amide bonds. The van der Waals surface area contributed by atoms with Crippen LogP contribution >= 0.6 is 0 Å². The fraction of sp³-hybridized carbons (Fsp3) is 0.333. The van der Waals surface area contributed by atoms with Crippen LogP contribution in [0.1, 0.15) is 5.56 Å². The molecular weight excluding hydrogens is 252 g/mol. The smallest absolute Gasteiger partial charge is 0.351 e. The normalized spacial score (nSPS) is 12.2. The Morgan fingerprint density at radius 3 is 1.83 bits per heavy atom. The average molecular weight is 268 g/mol. The van der Waals surface area contributed by atoms with Crippen molar-refractivity contribution in [2.75, 3.05) is 0 Å². The van der Waals surface area contributed by atoms with Crippen molar-refractivity contribution in [3.63, 3.8) is 0 Å². The van der Waals surface area contributed by atoms with E-state index >= 15 is 0 Å². The molecule has 6 heteroatoms. The van der Waals surface area contributed by atoms with Gasteiger partial charge in [0, 0.05) is 5.56 Å². The quantitative estimate of drug-likeness (QED) is 0.629. The van der Waals surface area contributed by atoms with Crippen LogP contribution in [0.4, 0.5) is 0 Å². The first-order valence-corrected chi connectivity index (χ1v) is 8.83. The first-order chi connectivity index (χ1) is 8.20. The molecular formula is C12H16O5Si. The minimum atomic E-state index is -2.36. The molecule has 0 aliphatic carbocycles. The highest BCUT2D eigenvalue weighted by molar-refractivity contribution is 6.70. The van der Waals surface area contributed by atoms with Gasteiger partial charge < -0.3 is 14.6 Å². The zero-order chi connectivity index (χ0) is 14.0. The predicted molar refractivity (Wildman–Crippen MR) is 67.8 cm³/mol. The molecule has 0 fully saturated rings. The molecule has 0 aliphatic rings. The van der Waals surface area contributed by atoms with Crippen LogP contribution in [0.25, 0.3) is 0 Å². The van der Waals surface area contributed by atoms with Crippen LogP contribution in [0.15, 0.2) is 30.3 Å². The second-order valence-electron chi connectivity index (χ2n) is 4.87. The van der Waals surface area contributed by atoms with E-state index in [0.717, 1.165) is 0 Å². The molecule has 0 atom stereocenters. The van der Waals surface area contributed by atoms with Crippen molar-refractivity contribution >= 4 is 20.3 Å². The van der Waals surface area contributed by atoms with E-state index < -0.39 is 25.9 Å². The van der Waals surface area contributed by atoms with Crippen LogP contribution in [0.2, 0.25) is 19.6 Å². The lowest BCUT2D eigenvalue weighted by Crippen LogP contribution is -2.52. The minimum Gasteiger partial charge on any atom is -0.478 e. The summed E-state index contributed by atoms with van der Waals surface area (Å²) in [4.78, 5) is 22.9. The Balaban J connectivity index is 3.41. The van der Waals surface area contributed by atoms with E-state index in [-0.39, 0.29) is 5.56 Å². The molecule has 0 unspecified atom stereocenters. The van der Waals surface area contributed by atoms with Crippen molar-refractivity contribution in [2.45, 2.75) is 25.2 Å². The highest BCUT2D eigenvalue weighted by Gasteiger charge is 2.52. The van der Waals surface area contributed by atoms with E-state index in [9.17, 15) is 19.8 Å². The fourth-order valence-corrected chi connectivity index (χ4v) is 2.83. The number of hydrogen-bond donors (Lipinski definition) is 2. The summed E-state index contributed by atoms with van der Waals surface area (Å²) in [7, 11) is -2.36. The van der Waals surface area contributed by atoms with E-state index in [1.807, 2.05) is 0 Å². The van der Waals surface area contributed by atoms with Gasteiger partial charge in [-0.1, -0.05) is 30.3 Å². The molecule has 0 radical (unpaired) electrons. The lowest BCUT2D eigenvalue weighted by molar-refractivity contribution is -0.174. The van der Waals surface area contributed by atoms with E-state index in [4.69, 9.17) is 4.43 Å². The zero-order valence-electron chi connectivity index (χ0n) is 10.5. The Labute approximate surface area is 106 Å². The number of rotatable bonds is 5. The number of aliphatic carboxylic acids is 2. The Bertz CT molecular complexity index is 435. The van der Waals surface area contributed by atoms with Crippen molar-refractivity contribution in [3.8, 4) is 0 Å². The summed E-state index contributed by atoms with van der Waals surface area (Å²) in [5, 5.41) is 18.7. The molecule has 0 bridgehead atoms. The summed E-state index contributed by atoms with van der Waals surface area (Å²) in [5.74, 6) is -3.02. The predicted octanol–water partition coefficient (Wildman–Crippen LogP) is 1.90. The highest BCUT2D eigenvalue weighted by atomic mass is 28.4. The second kappa shape index (κ2) is 4.91. The van der Waals surface area contributed by atoms with E-state index in [1.165, 1.54) is 12.1 Å². The third-order valence-electron chi connectivity index (χ3n) is 2.24. The lowest BCUT2D eigenvalue weighted by Gasteiger charge is -2.32. The SMILES string of the molecule is C[Si](C)(C)OC(C(=O)O)(C(=O)O)c1ccccc1. The van der Waals surface area contributed by atoms with Gasteiger partial charge in [0.05, 0.1) is 0 Å². The van der Waals surface area contributed by atoms with Gasteiger partial charge in [-0.05, 0) is 19.6 Å². The minimum absolute atomic E-state index is 0.118. The molecule has 2 N–H and O–H groups in total. The molecule has 0 aliphatic heterocycles. The van der Waals surface area contributed by atoms with Crippen LogP contribution in [0.3, 0.4) is 0 Å². The van der Waals surface area contributed by atoms with Gasteiger partial charge in [0.25, 0.3) is 5.60 Å². The van der Waals surface area contributed by atoms with Gasteiger partial charge in [-0.15, -0.1) is 0 Å². The Morgan fingerprint density at radius 1 is 1.06 bits per heavy atom. The summed E-state index contributed by atoms with van der Waals surface area (Å²) in [5.41, 5.74) is -2.21. The maximum absolute atomic E-state index is 11.5. The molecule has 1 aromatic carbocycles. The molecule has 0 spiro atoms. The number of carboxylic acid groups (broad SMARTS) is 2. The molecule has 1 aromatic rings. The summed E-state index contributed by atoms with van der Waals surface area (Å²) in [6, 6.07) is 7.75. The zero-order valence-corrected chi connectivity index (χ0v) is 11.5. The van der Waals surface area contributed by atoms with E-state index in [0.29, 0.717) is 0 Å². The summed E-state index contributed by atoms with van der Waals surface area (Å²) in [6.07, 6.45) is 0. The van der Waals surface area contributed by atoms with Gasteiger partial charge >= 0.3 is 11.9 Å². The molecule has 18 heavy (non-hydrogen) atoms. The van der Waals surface area contributed by atoms with Crippen LogP contribution < -0.4 is 0 Å². The van der Waals surface area contributed by atoms with Gasteiger partial charge in [0.1, 0.15) is 0 Å². The van der Waals surface area contributed by atoms with Gasteiger partial charge in [-0.3, -0.25) is 0 Å². The van der Waals surface area contributed by atoms with E-state index in [1.54, 1.807) is 37.8 Å². The number of benzene rings is 1. The molecule has 0 aromatic heterocycles. The highest BCUT2D eigenvalue weighted by Crippen LogP contribution is 2.30. The summed E-state index contributed by atoms with van der Waals surface area (Å²) >= 11 is 0. The van der Waals surface area contributed by atoms with Crippen molar-refractivity contribution < 1.29 is 24.2 Å². The summed E-state index contributed by atoms with van der Waals surface area (Å²) < 4.78 is 5.47. The van der Waals surface area contributed by atoms with Crippen molar-refractivity contribution in [1.29, 1.82) is 0 Å². The molecule has 5 nitrogen and oxygen atoms in total. The average Bonchev–Trinajstić information content (AvgIpc) is 2.25. The first-order valence-electron chi connectivity index (χ1n) is 5.42. The van der Waals surface area contributed by atoms with Gasteiger partial charge in [-0.25, -0.2) is 9.59 Å². The van der Waals surface area contributed by atoms with Crippen LogP contribution in [0.5, 0.6) is 0 Å². The first kappa shape index (κ1) is 14.4. The van der Waals surface area contributed by atoms with Crippen LogP contribution in [-0.4, -0.2) is 30.5 Å². The standard InChI is InChI=1S/C12H16O5Si/c1-18(2,3)17-12(10(13)14,11(15)16)9-7-5-4-6-8-9/h4-8H,1-3H3,(H,13,14)(H,15,16). The van der Waals surface area contributed by atoms with E-state index in [2.05, 4.69) is 0 Å². The van der Waals surface area contributed by atoms with Gasteiger partial charge in [0.2, 0.25) is 0 Å². The number of hydrogen-bond acceptors (Lipinski definition) is 3. The number of carboxylic acids is 2.